The summed E-state index contributed by atoms with van der Waals surface area (Å²) in [6, 6.07) is 13.3. The Bertz CT molecular complexity index is 705. The molecule has 0 atom stereocenters. The zero-order valence-corrected chi connectivity index (χ0v) is 15.5. The minimum Gasteiger partial charge on any atom is -0.493 e. The molecule has 2 rings (SSSR count). The van der Waals surface area contributed by atoms with Crippen molar-refractivity contribution in [2.45, 2.75) is 33.1 Å². The number of ether oxygens (including phenoxy) is 1. The number of anilines is 1. The average Bonchev–Trinajstić information content (AvgIpc) is 2.49. The molecule has 0 aliphatic heterocycles. The second-order valence-corrected chi connectivity index (χ2v) is 7.18. The smallest absolute Gasteiger partial charge is 0.259 e. The Labute approximate surface area is 146 Å². The maximum Gasteiger partial charge on any atom is 0.259 e. The third-order valence-electron chi connectivity index (χ3n) is 3.51. The lowest BCUT2D eigenvalue weighted by atomic mass is 9.87. The van der Waals surface area contributed by atoms with E-state index < -0.39 is 0 Å². The van der Waals surface area contributed by atoms with Crippen LogP contribution in [0.3, 0.4) is 0 Å². The van der Waals surface area contributed by atoms with Crippen LogP contribution in [0.2, 0.25) is 0 Å². The molecule has 2 aromatic carbocycles. The summed E-state index contributed by atoms with van der Waals surface area (Å²) < 4.78 is 6.39. The van der Waals surface area contributed by atoms with E-state index in [9.17, 15) is 4.79 Å². The van der Waals surface area contributed by atoms with Crippen LogP contribution < -0.4 is 10.1 Å². The lowest BCUT2D eigenvalue weighted by Crippen LogP contribution is -2.15. The summed E-state index contributed by atoms with van der Waals surface area (Å²) in [4.78, 5) is 12.5. The van der Waals surface area contributed by atoms with E-state index >= 15 is 0 Å². The number of amides is 1. The van der Waals surface area contributed by atoms with Gasteiger partial charge in [0.15, 0.2) is 0 Å². The number of nitrogens with one attached hydrogen (secondary N) is 1. The highest BCUT2D eigenvalue weighted by molar-refractivity contribution is 9.10. The fraction of sp³-hybridized carbons (Fsp3) is 0.316. The van der Waals surface area contributed by atoms with Gasteiger partial charge in [0.2, 0.25) is 0 Å². The molecule has 0 spiro atoms. The molecule has 0 aliphatic carbocycles. The summed E-state index contributed by atoms with van der Waals surface area (Å²) in [5.74, 6) is 0.410. The molecule has 0 unspecified atom stereocenters. The van der Waals surface area contributed by atoms with Gasteiger partial charge in [0.25, 0.3) is 5.91 Å². The van der Waals surface area contributed by atoms with E-state index in [2.05, 4.69) is 42.0 Å². The maximum absolute atomic E-state index is 12.5. The number of hydrogen-bond donors (Lipinski definition) is 1. The summed E-state index contributed by atoms with van der Waals surface area (Å²) in [5.41, 5.74) is 2.54. The molecule has 0 bridgehead atoms. The molecule has 0 radical (unpaired) electrons. The Balaban J connectivity index is 2.24. The second-order valence-electron chi connectivity index (χ2n) is 6.33. The first-order valence-electron chi connectivity index (χ1n) is 7.66. The number of halogens is 1. The normalized spacial score (nSPS) is 11.2. The van der Waals surface area contributed by atoms with Crippen LogP contribution in [0.1, 0.15) is 43.6 Å². The quantitative estimate of drug-likeness (QED) is 0.776. The number of rotatable bonds is 4. The summed E-state index contributed by atoms with van der Waals surface area (Å²) in [6.07, 6.45) is 0. The number of carbonyl (C=O) groups excluding carboxylic acids is 1. The van der Waals surface area contributed by atoms with Gasteiger partial charge in [-0.05, 0) is 58.1 Å². The summed E-state index contributed by atoms with van der Waals surface area (Å²) in [6.45, 7) is 8.90. The van der Waals surface area contributed by atoms with Gasteiger partial charge in [-0.1, -0.05) is 39.0 Å². The Morgan fingerprint density at radius 3 is 2.48 bits per heavy atom. The molecule has 0 saturated carbocycles. The third-order valence-corrected chi connectivity index (χ3v) is 4.17. The summed E-state index contributed by atoms with van der Waals surface area (Å²) >= 11 is 3.54. The highest BCUT2D eigenvalue weighted by atomic mass is 79.9. The number of hydrogen-bond acceptors (Lipinski definition) is 2. The van der Waals surface area contributed by atoms with E-state index in [4.69, 9.17) is 4.74 Å². The van der Waals surface area contributed by atoms with Gasteiger partial charge in [0, 0.05) is 4.47 Å². The molecule has 1 N–H and O–H groups in total. The Morgan fingerprint density at radius 2 is 1.87 bits per heavy atom. The third kappa shape index (κ3) is 4.35. The minimum atomic E-state index is -0.182. The van der Waals surface area contributed by atoms with Gasteiger partial charge < -0.3 is 10.1 Å². The predicted octanol–water partition coefficient (Wildman–Crippen LogP) is 5.40. The molecule has 23 heavy (non-hydrogen) atoms. The SMILES string of the molecule is CCOc1ccccc1C(=O)Nc1ccc(C(C)(C)C)cc1Br. The van der Waals surface area contributed by atoms with Crippen molar-refractivity contribution in [1.82, 2.24) is 0 Å². The van der Waals surface area contributed by atoms with E-state index in [0.717, 1.165) is 10.2 Å². The number of para-hydroxylation sites is 1. The van der Waals surface area contributed by atoms with E-state index in [1.165, 1.54) is 5.56 Å². The second kappa shape index (κ2) is 7.18. The van der Waals surface area contributed by atoms with Crippen molar-refractivity contribution >= 4 is 27.5 Å². The monoisotopic (exact) mass is 375 g/mol. The van der Waals surface area contributed by atoms with Crippen LogP contribution in [0.25, 0.3) is 0 Å². The molecule has 0 heterocycles. The first-order chi connectivity index (χ1) is 10.8. The molecule has 4 heteroatoms. The number of benzene rings is 2. The predicted molar refractivity (Wildman–Crippen MR) is 98.4 cm³/mol. The van der Waals surface area contributed by atoms with Crippen molar-refractivity contribution < 1.29 is 9.53 Å². The van der Waals surface area contributed by atoms with Gasteiger partial charge in [0.1, 0.15) is 5.75 Å². The van der Waals surface area contributed by atoms with Crippen LogP contribution in [0.5, 0.6) is 5.75 Å². The van der Waals surface area contributed by atoms with Crippen LogP contribution in [0.15, 0.2) is 46.9 Å². The Kier molecular flexibility index (Phi) is 5.47. The summed E-state index contributed by atoms with van der Waals surface area (Å²) in [7, 11) is 0. The van der Waals surface area contributed by atoms with Crippen molar-refractivity contribution in [2.24, 2.45) is 0 Å². The molecule has 0 aliphatic rings. The molecule has 0 saturated heterocycles. The topological polar surface area (TPSA) is 38.3 Å². The van der Waals surface area contributed by atoms with Crippen molar-refractivity contribution in [3.8, 4) is 5.75 Å². The molecular formula is C19H22BrNO2. The number of carbonyl (C=O) groups is 1. The van der Waals surface area contributed by atoms with Crippen molar-refractivity contribution in [2.75, 3.05) is 11.9 Å². The zero-order chi connectivity index (χ0) is 17.0. The molecule has 122 valence electrons. The van der Waals surface area contributed by atoms with Gasteiger partial charge in [0.05, 0.1) is 17.9 Å². The van der Waals surface area contributed by atoms with Gasteiger partial charge in [-0.25, -0.2) is 0 Å². The molecule has 0 aromatic heterocycles. The van der Waals surface area contributed by atoms with Gasteiger partial charge in [-0.3, -0.25) is 4.79 Å². The van der Waals surface area contributed by atoms with E-state index in [1.807, 2.05) is 37.3 Å². The molecule has 1 amide bonds. The Morgan fingerprint density at radius 1 is 1.17 bits per heavy atom. The maximum atomic E-state index is 12.5. The largest absolute Gasteiger partial charge is 0.493 e. The standard InChI is InChI=1S/C19H22BrNO2/c1-5-23-17-9-7-6-8-14(17)18(22)21-16-11-10-13(12-15(16)20)19(2,3)4/h6-12H,5H2,1-4H3,(H,21,22). The van der Waals surface area contributed by atoms with Crippen molar-refractivity contribution in [1.29, 1.82) is 0 Å². The minimum absolute atomic E-state index is 0.0621. The summed E-state index contributed by atoms with van der Waals surface area (Å²) in [5, 5.41) is 2.94. The van der Waals surface area contributed by atoms with Crippen LogP contribution in [-0.4, -0.2) is 12.5 Å². The molecule has 2 aromatic rings. The van der Waals surface area contributed by atoms with Gasteiger partial charge in [-0.15, -0.1) is 0 Å². The lowest BCUT2D eigenvalue weighted by molar-refractivity contribution is 0.102. The highest BCUT2D eigenvalue weighted by Gasteiger charge is 2.17. The fourth-order valence-corrected chi connectivity index (χ4v) is 2.69. The van der Waals surface area contributed by atoms with Gasteiger partial charge in [-0.2, -0.15) is 0 Å². The average molecular weight is 376 g/mol. The van der Waals surface area contributed by atoms with Crippen LogP contribution in [0.4, 0.5) is 5.69 Å². The molecule has 3 nitrogen and oxygen atoms in total. The van der Waals surface area contributed by atoms with Crippen molar-refractivity contribution in [3.63, 3.8) is 0 Å². The first-order valence-corrected chi connectivity index (χ1v) is 8.45. The Hall–Kier alpha value is -1.81. The van der Waals surface area contributed by atoms with Crippen molar-refractivity contribution in [3.05, 3.63) is 58.1 Å². The first kappa shape index (κ1) is 17.5. The van der Waals surface area contributed by atoms with Crippen LogP contribution in [-0.2, 0) is 5.41 Å². The molecular weight excluding hydrogens is 354 g/mol. The highest BCUT2D eigenvalue weighted by Crippen LogP contribution is 2.30. The van der Waals surface area contributed by atoms with E-state index in [0.29, 0.717) is 17.9 Å². The zero-order valence-electron chi connectivity index (χ0n) is 13.9. The fourth-order valence-electron chi connectivity index (χ4n) is 2.21. The van der Waals surface area contributed by atoms with Crippen LogP contribution >= 0.6 is 15.9 Å². The lowest BCUT2D eigenvalue weighted by Gasteiger charge is -2.20. The molecule has 0 fully saturated rings. The van der Waals surface area contributed by atoms with E-state index in [-0.39, 0.29) is 11.3 Å². The van der Waals surface area contributed by atoms with Gasteiger partial charge >= 0.3 is 0 Å². The van der Waals surface area contributed by atoms with E-state index in [1.54, 1.807) is 12.1 Å². The van der Waals surface area contributed by atoms with Crippen LogP contribution in [0, 0.1) is 0 Å².